The fourth-order valence-corrected chi connectivity index (χ4v) is 1.55. The van der Waals surface area contributed by atoms with Crippen LogP contribution in [0, 0.1) is 17.0 Å². The van der Waals surface area contributed by atoms with E-state index in [0.717, 1.165) is 12.1 Å². The summed E-state index contributed by atoms with van der Waals surface area (Å²) < 4.78 is 0. The number of imidazole rings is 1. The molecule has 2 rings (SSSR count). The third kappa shape index (κ3) is 2.82. The number of hydrogen-bond donors (Lipinski definition) is 2. The molecule has 0 aliphatic heterocycles. The molecular weight excluding hydrogens is 234 g/mol. The molecule has 0 amide bonds. The van der Waals surface area contributed by atoms with E-state index in [4.69, 9.17) is 0 Å². The van der Waals surface area contributed by atoms with Gasteiger partial charge in [0.25, 0.3) is 5.69 Å². The quantitative estimate of drug-likeness (QED) is 0.618. The molecular formula is C11H13N5O2. The standard InChI is InChI=1S/C11H13N5O2/c1-8-5-14-11(4-10(8)16(17)18)13-3-2-9-6-12-7-15-9/h4-7H,2-3H2,1H3,(H,12,15)(H,13,14). The Bertz CT molecular complexity index is 538. The van der Waals surface area contributed by atoms with E-state index in [-0.39, 0.29) is 5.69 Å². The van der Waals surface area contributed by atoms with Crippen molar-refractivity contribution in [1.29, 1.82) is 0 Å². The molecule has 2 aromatic rings. The smallest absolute Gasteiger partial charge is 0.277 e. The van der Waals surface area contributed by atoms with Crippen LogP contribution in [0.4, 0.5) is 11.5 Å². The normalized spacial score (nSPS) is 10.3. The van der Waals surface area contributed by atoms with Crippen LogP contribution in [-0.4, -0.2) is 26.4 Å². The minimum Gasteiger partial charge on any atom is -0.369 e. The number of aryl methyl sites for hydroxylation is 1. The fraction of sp³-hybridized carbons (Fsp3) is 0.273. The van der Waals surface area contributed by atoms with E-state index < -0.39 is 4.92 Å². The molecule has 18 heavy (non-hydrogen) atoms. The van der Waals surface area contributed by atoms with Crippen molar-refractivity contribution in [3.63, 3.8) is 0 Å². The largest absolute Gasteiger partial charge is 0.369 e. The van der Waals surface area contributed by atoms with Crippen molar-refractivity contribution in [3.8, 4) is 0 Å². The van der Waals surface area contributed by atoms with Gasteiger partial charge in [-0.25, -0.2) is 9.97 Å². The minimum atomic E-state index is -0.406. The Balaban J connectivity index is 1.97. The van der Waals surface area contributed by atoms with Crippen molar-refractivity contribution in [3.05, 3.63) is 46.2 Å². The Hall–Kier alpha value is -2.44. The summed E-state index contributed by atoms with van der Waals surface area (Å²) in [6.07, 6.45) is 5.61. The molecule has 0 unspecified atom stereocenters. The molecule has 0 saturated heterocycles. The van der Waals surface area contributed by atoms with Gasteiger partial charge >= 0.3 is 0 Å². The van der Waals surface area contributed by atoms with Gasteiger partial charge in [0, 0.05) is 36.6 Å². The van der Waals surface area contributed by atoms with Crippen LogP contribution in [0.25, 0.3) is 0 Å². The van der Waals surface area contributed by atoms with Crippen molar-refractivity contribution in [2.45, 2.75) is 13.3 Å². The number of nitro groups is 1. The van der Waals surface area contributed by atoms with E-state index in [1.165, 1.54) is 12.3 Å². The van der Waals surface area contributed by atoms with Gasteiger partial charge in [0.05, 0.1) is 17.3 Å². The van der Waals surface area contributed by atoms with Gasteiger partial charge in [-0.05, 0) is 6.92 Å². The number of hydrogen-bond acceptors (Lipinski definition) is 5. The van der Waals surface area contributed by atoms with Gasteiger partial charge in [0.2, 0.25) is 0 Å². The molecule has 7 heteroatoms. The minimum absolute atomic E-state index is 0.0778. The van der Waals surface area contributed by atoms with Crippen LogP contribution in [0.5, 0.6) is 0 Å². The molecule has 0 spiro atoms. The first-order valence-electron chi connectivity index (χ1n) is 5.49. The molecule has 0 aliphatic rings. The Morgan fingerprint density at radius 2 is 2.33 bits per heavy atom. The number of aromatic nitrogens is 3. The monoisotopic (exact) mass is 247 g/mol. The SMILES string of the molecule is Cc1cnc(NCCc2cnc[nH]2)cc1[N+](=O)[O-]. The second kappa shape index (κ2) is 5.26. The molecule has 0 fully saturated rings. The number of rotatable bonds is 5. The van der Waals surface area contributed by atoms with Gasteiger partial charge in [-0.1, -0.05) is 0 Å². The molecule has 0 radical (unpaired) electrons. The van der Waals surface area contributed by atoms with Crippen LogP contribution in [-0.2, 0) is 6.42 Å². The molecule has 0 atom stereocenters. The Morgan fingerprint density at radius 1 is 1.50 bits per heavy atom. The number of anilines is 1. The van der Waals surface area contributed by atoms with Gasteiger partial charge in [-0.3, -0.25) is 10.1 Å². The van der Waals surface area contributed by atoms with Crippen molar-refractivity contribution >= 4 is 11.5 Å². The number of nitrogens with zero attached hydrogens (tertiary/aromatic N) is 3. The highest BCUT2D eigenvalue weighted by Gasteiger charge is 2.11. The molecule has 7 nitrogen and oxygen atoms in total. The zero-order valence-corrected chi connectivity index (χ0v) is 9.88. The van der Waals surface area contributed by atoms with Crippen molar-refractivity contribution in [2.24, 2.45) is 0 Å². The number of nitrogens with one attached hydrogen (secondary N) is 2. The Kier molecular flexibility index (Phi) is 3.52. The highest BCUT2D eigenvalue weighted by Crippen LogP contribution is 2.19. The predicted octanol–water partition coefficient (Wildman–Crippen LogP) is 1.68. The maximum atomic E-state index is 10.8. The Labute approximate surface area is 103 Å². The molecule has 0 bridgehead atoms. The molecule has 0 aliphatic carbocycles. The first-order valence-corrected chi connectivity index (χ1v) is 5.49. The number of pyridine rings is 1. The van der Waals surface area contributed by atoms with Crippen molar-refractivity contribution in [2.75, 3.05) is 11.9 Å². The average Bonchev–Trinajstić information content (AvgIpc) is 2.84. The lowest BCUT2D eigenvalue weighted by atomic mass is 10.2. The summed E-state index contributed by atoms with van der Waals surface area (Å²) in [5.41, 5.74) is 1.64. The molecule has 0 aromatic carbocycles. The second-order valence-electron chi connectivity index (χ2n) is 3.87. The molecule has 2 aromatic heterocycles. The maximum absolute atomic E-state index is 10.8. The predicted molar refractivity (Wildman–Crippen MR) is 66.4 cm³/mol. The van der Waals surface area contributed by atoms with E-state index in [0.29, 0.717) is 17.9 Å². The fourth-order valence-electron chi connectivity index (χ4n) is 1.55. The van der Waals surface area contributed by atoms with E-state index in [2.05, 4.69) is 20.3 Å². The maximum Gasteiger partial charge on any atom is 0.277 e. The van der Waals surface area contributed by atoms with Crippen molar-refractivity contribution < 1.29 is 4.92 Å². The topological polar surface area (TPSA) is 96.7 Å². The van der Waals surface area contributed by atoms with Gasteiger partial charge in [0.15, 0.2) is 0 Å². The lowest BCUT2D eigenvalue weighted by molar-refractivity contribution is -0.385. The number of aromatic amines is 1. The summed E-state index contributed by atoms with van der Waals surface area (Å²) in [6.45, 7) is 2.30. The van der Waals surface area contributed by atoms with Crippen LogP contribution >= 0.6 is 0 Å². The molecule has 2 heterocycles. The lowest BCUT2D eigenvalue weighted by Crippen LogP contribution is -2.07. The van der Waals surface area contributed by atoms with Gasteiger partial charge in [-0.15, -0.1) is 0 Å². The van der Waals surface area contributed by atoms with Crippen LogP contribution in [0.1, 0.15) is 11.3 Å². The second-order valence-corrected chi connectivity index (χ2v) is 3.87. The third-order valence-electron chi connectivity index (χ3n) is 2.53. The van der Waals surface area contributed by atoms with Gasteiger partial charge < -0.3 is 10.3 Å². The first kappa shape index (κ1) is 12.0. The first-order chi connectivity index (χ1) is 8.66. The summed E-state index contributed by atoms with van der Waals surface area (Å²) >= 11 is 0. The van der Waals surface area contributed by atoms with E-state index in [1.807, 2.05) is 0 Å². The molecule has 2 N–H and O–H groups in total. The summed E-state index contributed by atoms with van der Waals surface area (Å²) in [6, 6.07) is 1.45. The van der Waals surface area contributed by atoms with Gasteiger partial charge in [0.1, 0.15) is 5.82 Å². The van der Waals surface area contributed by atoms with E-state index in [9.17, 15) is 10.1 Å². The lowest BCUT2D eigenvalue weighted by Gasteiger charge is -2.05. The highest BCUT2D eigenvalue weighted by atomic mass is 16.6. The highest BCUT2D eigenvalue weighted by molar-refractivity contribution is 5.48. The Morgan fingerprint density at radius 3 is 3.00 bits per heavy atom. The molecule has 94 valence electrons. The summed E-state index contributed by atoms with van der Waals surface area (Å²) in [7, 11) is 0. The zero-order valence-electron chi connectivity index (χ0n) is 9.88. The van der Waals surface area contributed by atoms with E-state index >= 15 is 0 Å². The number of H-pyrrole nitrogens is 1. The van der Waals surface area contributed by atoms with Crippen LogP contribution in [0.15, 0.2) is 24.8 Å². The van der Waals surface area contributed by atoms with Gasteiger partial charge in [-0.2, -0.15) is 0 Å². The average molecular weight is 247 g/mol. The van der Waals surface area contributed by atoms with Crippen LogP contribution in [0.2, 0.25) is 0 Å². The van der Waals surface area contributed by atoms with E-state index in [1.54, 1.807) is 19.4 Å². The molecule has 0 saturated carbocycles. The zero-order chi connectivity index (χ0) is 13.0. The summed E-state index contributed by atoms with van der Waals surface area (Å²) in [5.74, 6) is 0.506. The van der Waals surface area contributed by atoms with Crippen LogP contribution in [0.3, 0.4) is 0 Å². The summed E-state index contributed by atoms with van der Waals surface area (Å²) in [5, 5.41) is 13.8. The van der Waals surface area contributed by atoms with Crippen LogP contribution < -0.4 is 5.32 Å². The van der Waals surface area contributed by atoms with Crippen molar-refractivity contribution in [1.82, 2.24) is 15.0 Å². The summed E-state index contributed by atoms with van der Waals surface area (Å²) in [4.78, 5) is 21.4. The third-order valence-corrected chi connectivity index (χ3v) is 2.53.